The molecule has 2 rings (SSSR count). The number of aryl methyl sites for hydroxylation is 1. The standard InChI is InChI=1S/C12H14N2S/c1-9-6-7-15-12(9)14-8-10-2-4-11(13)5-3-10/h2-7,14H,8,13H2,1H3. The Labute approximate surface area is 93.7 Å². The van der Waals surface area contributed by atoms with E-state index in [1.807, 2.05) is 24.3 Å². The van der Waals surface area contributed by atoms with Crippen molar-refractivity contribution in [3.05, 3.63) is 46.8 Å². The van der Waals surface area contributed by atoms with Crippen molar-refractivity contribution in [2.45, 2.75) is 13.5 Å². The molecule has 0 unspecified atom stereocenters. The summed E-state index contributed by atoms with van der Waals surface area (Å²) < 4.78 is 0. The molecular formula is C12H14N2S. The lowest BCUT2D eigenvalue weighted by molar-refractivity contribution is 1.16. The van der Waals surface area contributed by atoms with Crippen LogP contribution in [0.15, 0.2) is 35.7 Å². The molecule has 78 valence electrons. The van der Waals surface area contributed by atoms with Crippen molar-refractivity contribution in [2.24, 2.45) is 0 Å². The summed E-state index contributed by atoms with van der Waals surface area (Å²) in [5, 5.41) is 6.75. The summed E-state index contributed by atoms with van der Waals surface area (Å²) in [5.74, 6) is 0. The Balaban J connectivity index is 1.99. The van der Waals surface area contributed by atoms with Gasteiger partial charge in [0.15, 0.2) is 0 Å². The largest absolute Gasteiger partial charge is 0.399 e. The Hall–Kier alpha value is -1.48. The Morgan fingerprint density at radius 2 is 1.93 bits per heavy atom. The van der Waals surface area contributed by atoms with Gasteiger partial charge in [-0.1, -0.05) is 12.1 Å². The summed E-state index contributed by atoms with van der Waals surface area (Å²) >= 11 is 1.74. The molecule has 0 saturated heterocycles. The van der Waals surface area contributed by atoms with E-state index >= 15 is 0 Å². The van der Waals surface area contributed by atoms with Gasteiger partial charge in [-0.2, -0.15) is 0 Å². The minimum Gasteiger partial charge on any atom is -0.399 e. The number of nitrogens with two attached hydrogens (primary N) is 1. The van der Waals surface area contributed by atoms with Crippen molar-refractivity contribution in [1.29, 1.82) is 0 Å². The second-order valence-corrected chi connectivity index (χ2v) is 4.44. The second-order valence-electron chi connectivity index (χ2n) is 3.53. The molecule has 1 aromatic heterocycles. The van der Waals surface area contributed by atoms with E-state index in [-0.39, 0.29) is 0 Å². The van der Waals surface area contributed by atoms with Crippen LogP contribution in [0.4, 0.5) is 10.7 Å². The van der Waals surface area contributed by atoms with E-state index in [1.54, 1.807) is 11.3 Å². The van der Waals surface area contributed by atoms with Gasteiger partial charge in [0, 0.05) is 12.2 Å². The molecule has 1 heterocycles. The smallest absolute Gasteiger partial charge is 0.0914 e. The molecule has 2 nitrogen and oxygen atoms in total. The van der Waals surface area contributed by atoms with Gasteiger partial charge in [-0.05, 0) is 41.6 Å². The first-order valence-corrected chi connectivity index (χ1v) is 5.76. The molecule has 15 heavy (non-hydrogen) atoms. The van der Waals surface area contributed by atoms with Gasteiger partial charge in [0.05, 0.1) is 5.00 Å². The van der Waals surface area contributed by atoms with E-state index in [0.29, 0.717) is 0 Å². The Morgan fingerprint density at radius 1 is 1.20 bits per heavy atom. The first-order chi connectivity index (χ1) is 7.25. The fourth-order valence-corrected chi connectivity index (χ4v) is 2.19. The SMILES string of the molecule is Cc1ccsc1NCc1ccc(N)cc1. The van der Waals surface area contributed by atoms with Crippen LogP contribution in [-0.4, -0.2) is 0 Å². The van der Waals surface area contributed by atoms with Crippen molar-refractivity contribution in [3.8, 4) is 0 Å². The summed E-state index contributed by atoms with van der Waals surface area (Å²) in [6.07, 6.45) is 0. The number of benzene rings is 1. The third-order valence-corrected chi connectivity index (χ3v) is 3.27. The number of anilines is 2. The maximum atomic E-state index is 5.62. The summed E-state index contributed by atoms with van der Waals surface area (Å²) in [6.45, 7) is 2.96. The molecule has 1 aromatic carbocycles. The zero-order chi connectivity index (χ0) is 10.7. The molecule has 0 atom stereocenters. The van der Waals surface area contributed by atoms with E-state index in [2.05, 4.69) is 23.7 Å². The van der Waals surface area contributed by atoms with Crippen LogP contribution in [-0.2, 0) is 6.54 Å². The van der Waals surface area contributed by atoms with Gasteiger partial charge in [0.1, 0.15) is 0 Å². The third kappa shape index (κ3) is 2.50. The fourth-order valence-electron chi connectivity index (χ4n) is 1.37. The molecule has 0 spiro atoms. The van der Waals surface area contributed by atoms with Crippen molar-refractivity contribution in [2.75, 3.05) is 11.1 Å². The molecule has 3 N–H and O–H groups in total. The number of hydrogen-bond donors (Lipinski definition) is 2. The highest BCUT2D eigenvalue weighted by atomic mass is 32.1. The van der Waals surface area contributed by atoms with Crippen LogP contribution in [0, 0.1) is 6.92 Å². The first kappa shape index (κ1) is 10.1. The minimum atomic E-state index is 0.811. The number of rotatable bonds is 3. The molecule has 0 amide bonds. The van der Waals surface area contributed by atoms with E-state index in [0.717, 1.165) is 12.2 Å². The molecular weight excluding hydrogens is 204 g/mol. The van der Waals surface area contributed by atoms with Gasteiger partial charge < -0.3 is 11.1 Å². The van der Waals surface area contributed by atoms with E-state index in [9.17, 15) is 0 Å². The first-order valence-electron chi connectivity index (χ1n) is 4.88. The second kappa shape index (κ2) is 4.36. The zero-order valence-corrected chi connectivity index (χ0v) is 9.47. The topological polar surface area (TPSA) is 38.0 Å². The highest BCUT2D eigenvalue weighted by Crippen LogP contribution is 2.22. The van der Waals surface area contributed by atoms with Gasteiger partial charge in [-0.25, -0.2) is 0 Å². The predicted molar refractivity (Wildman–Crippen MR) is 67.2 cm³/mol. The van der Waals surface area contributed by atoms with Crippen LogP contribution in [0.1, 0.15) is 11.1 Å². The normalized spacial score (nSPS) is 10.2. The molecule has 3 heteroatoms. The molecule has 0 bridgehead atoms. The van der Waals surface area contributed by atoms with Crippen molar-refractivity contribution >= 4 is 22.0 Å². The van der Waals surface area contributed by atoms with Crippen LogP contribution >= 0.6 is 11.3 Å². The molecule has 2 aromatic rings. The summed E-state index contributed by atoms with van der Waals surface area (Å²) in [7, 11) is 0. The van der Waals surface area contributed by atoms with Gasteiger partial charge in [0.2, 0.25) is 0 Å². The van der Waals surface area contributed by atoms with Crippen LogP contribution in [0.3, 0.4) is 0 Å². The van der Waals surface area contributed by atoms with Gasteiger partial charge in [-0.3, -0.25) is 0 Å². The highest BCUT2D eigenvalue weighted by molar-refractivity contribution is 7.14. The summed E-state index contributed by atoms with van der Waals surface area (Å²) in [4.78, 5) is 0. The molecule has 0 aliphatic rings. The Bertz CT molecular complexity index is 431. The summed E-state index contributed by atoms with van der Waals surface area (Å²) in [5.41, 5.74) is 8.98. The van der Waals surface area contributed by atoms with E-state index in [4.69, 9.17) is 5.73 Å². The van der Waals surface area contributed by atoms with E-state index < -0.39 is 0 Å². The van der Waals surface area contributed by atoms with Crippen LogP contribution in [0.2, 0.25) is 0 Å². The molecule has 0 radical (unpaired) electrons. The third-order valence-electron chi connectivity index (χ3n) is 2.29. The Kier molecular flexibility index (Phi) is 2.92. The van der Waals surface area contributed by atoms with Gasteiger partial charge in [-0.15, -0.1) is 11.3 Å². The van der Waals surface area contributed by atoms with Crippen molar-refractivity contribution < 1.29 is 0 Å². The van der Waals surface area contributed by atoms with Gasteiger partial charge >= 0.3 is 0 Å². The number of thiophene rings is 1. The predicted octanol–water partition coefficient (Wildman–Crippen LogP) is 3.25. The quantitative estimate of drug-likeness (QED) is 0.776. The summed E-state index contributed by atoms with van der Waals surface area (Å²) in [6, 6.07) is 10.1. The molecule has 0 aliphatic heterocycles. The maximum absolute atomic E-state index is 5.62. The maximum Gasteiger partial charge on any atom is 0.0914 e. The average Bonchev–Trinajstić information content (AvgIpc) is 2.63. The molecule has 0 fully saturated rings. The molecule has 0 saturated carbocycles. The number of nitrogen functional groups attached to an aromatic ring is 1. The van der Waals surface area contributed by atoms with Crippen LogP contribution in [0.25, 0.3) is 0 Å². The van der Waals surface area contributed by atoms with Crippen LogP contribution < -0.4 is 11.1 Å². The monoisotopic (exact) mass is 218 g/mol. The van der Waals surface area contributed by atoms with Crippen molar-refractivity contribution in [3.63, 3.8) is 0 Å². The van der Waals surface area contributed by atoms with E-state index in [1.165, 1.54) is 16.1 Å². The molecule has 0 aliphatic carbocycles. The minimum absolute atomic E-state index is 0.811. The fraction of sp³-hybridized carbons (Fsp3) is 0.167. The highest BCUT2D eigenvalue weighted by Gasteiger charge is 1.98. The zero-order valence-electron chi connectivity index (χ0n) is 8.66. The number of hydrogen-bond acceptors (Lipinski definition) is 3. The Morgan fingerprint density at radius 3 is 2.53 bits per heavy atom. The lowest BCUT2D eigenvalue weighted by Crippen LogP contribution is -1.98. The lowest BCUT2D eigenvalue weighted by atomic mass is 10.2. The van der Waals surface area contributed by atoms with Crippen molar-refractivity contribution in [1.82, 2.24) is 0 Å². The lowest BCUT2D eigenvalue weighted by Gasteiger charge is -2.05. The van der Waals surface area contributed by atoms with Gasteiger partial charge in [0.25, 0.3) is 0 Å². The average molecular weight is 218 g/mol. The number of nitrogens with one attached hydrogen (secondary N) is 1. The van der Waals surface area contributed by atoms with Crippen LogP contribution in [0.5, 0.6) is 0 Å².